The maximum Gasteiger partial charge on any atom is 0.0459 e. The summed E-state index contributed by atoms with van der Waals surface area (Å²) in [4.78, 5) is 0. The Balaban J connectivity index is -0.00000108. The van der Waals surface area contributed by atoms with Gasteiger partial charge in [-0.1, -0.05) is 271 Å². The molecule has 0 amide bonds. The molecule has 0 saturated carbocycles. The van der Waals surface area contributed by atoms with E-state index in [1.54, 1.807) is 0 Å². The fraction of sp³-hybridized carbons (Fsp3) is 1.00. The zero-order chi connectivity index (χ0) is 36.7. The molecule has 51 heavy (non-hydrogen) atoms. The minimum absolute atomic E-state index is 0. The zero-order valence-corrected chi connectivity index (χ0v) is 36.1. The molecule has 1 unspecified atom stereocenters. The third kappa shape index (κ3) is 54.3. The molecular weight excluding hydrogens is 625 g/mol. The normalized spacial score (nSPS) is 11.7. The molecule has 0 aromatic carbocycles. The number of hydrogen-bond donors (Lipinski definition) is 2. The van der Waals surface area contributed by atoms with Gasteiger partial charge >= 0.3 is 0 Å². The number of hydrogen-bond acceptors (Lipinski definition) is 2. The van der Waals surface area contributed by atoms with Crippen molar-refractivity contribution in [2.75, 3.05) is 13.2 Å². The van der Waals surface area contributed by atoms with Crippen LogP contribution in [0.25, 0.3) is 0 Å². The highest BCUT2D eigenvalue weighted by molar-refractivity contribution is 4.60. The molecule has 0 aromatic rings. The first kappa shape index (κ1) is 55.2. The van der Waals surface area contributed by atoms with E-state index in [1.807, 2.05) is 0 Å². The summed E-state index contributed by atoms with van der Waals surface area (Å²) in [6, 6.07) is 0. The Morgan fingerprint density at radius 3 is 0.608 bits per heavy atom. The fourth-order valence-corrected chi connectivity index (χ4v) is 7.53. The number of aliphatic hydroxyl groups excluding tert-OH is 2. The van der Waals surface area contributed by atoms with Crippen LogP contribution < -0.4 is 0 Å². The van der Waals surface area contributed by atoms with E-state index in [9.17, 15) is 5.11 Å². The number of rotatable bonds is 43. The molecule has 0 rings (SSSR count). The predicted octanol–water partition coefficient (Wildman–Crippen LogP) is 16.2. The summed E-state index contributed by atoms with van der Waals surface area (Å²) in [7, 11) is 0. The van der Waals surface area contributed by atoms with Crippen LogP contribution in [0, 0.1) is 5.92 Å². The Labute approximate surface area is 324 Å². The first-order valence-corrected chi connectivity index (χ1v) is 24.0. The summed E-state index contributed by atoms with van der Waals surface area (Å²) in [5.74, 6) is 0.574. The van der Waals surface area contributed by atoms with Crippen molar-refractivity contribution in [1.82, 2.24) is 0 Å². The number of unbranched alkanes of at least 4 members (excludes halogenated alkanes) is 37. The SMILES string of the molecule is CCCCCCCCCCCCCCCCC(CO)CCCCCCCCCCCCCC.CCCCCCCCCCCCCCCCO.O. The zero-order valence-electron chi connectivity index (χ0n) is 36.1. The van der Waals surface area contributed by atoms with E-state index in [-0.39, 0.29) is 5.48 Å². The summed E-state index contributed by atoms with van der Waals surface area (Å²) in [5, 5.41) is 18.4. The molecular formula is C48H102O3. The molecule has 0 heterocycles. The molecule has 1 atom stereocenters. The third-order valence-corrected chi connectivity index (χ3v) is 11.2. The monoisotopic (exact) mass is 727 g/mol. The van der Waals surface area contributed by atoms with Crippen LogP contribution in [0.2, 0.25) is 0 Å². The molecule has 0 aromatic heterocycles. The second kappa shape index (κ2) is 54.2. The summed E-state index contributed by atoms with van der Waals surface area (Å²) in [6.45, 7) is 7.66. The van der Waals surface area contributed by atoms with Gasteiger partial charge in [0.15, 0.2) is 0 Å². The van der Waals surface area contributed by atoms with E-state index in [2.05, 4.69) is 20.8 Å². The van der Waals surface area contributed by atoms with E-state index in [0.29, 0.717) is 19.1 Å². The van der Waals surface area contributed by atoms with Gasteiger partial charge in [0.25, 0.3) is 0 Å². The lowest BCUT2D eigenvalue weighted by molar-refractivity contribution is 0.204. The Bertz CT molecular complexity index is 525. The van der Waals surface area contributed by atoms with E-state index in [0.717, 1.165) is 6.42 Å². The van der Waals surface area contributed by atoms with Crippen LogP contribution in [0.5, 0.6) is 0 Å². The summed E-state index contributed by atoms with van der Waals surface area (Å²) in [6.07, 6.45) is 58.8. The molecule has 0 aliphatic rings. The van der Waals surface area contributed by atoms with Gasteiger partial charge in [0.1, 0.15) is 0 Å². The Kier molecular flexibility index (Phi) is 58.7. The Hall–Kier alpha value is -0.120. The van der Waals surface area contributed by atoms with Gasteiger partial charge < -0.3 is 15.7 Å². The lowest BCUT2D eigenvalue weighted by atomic mass is 9.94. The maximum atomic E-state index is 9.71. The van der Waals surface area contributed by atoms with E-state index < -0.39 is 0 Å². The van der Waals surface area contributed by atoms with Crippen LogP contribution >= 0.6 is 0 Å². The Morgan fingerprint density at radius 2 is 0.431 bits per heavy atom. The van der Waals surface area contributed by atoms with Crippen molar-refractivity contribution in [2.45, 2.75) is 290 Å². The van der Waals surface area contributed by atoms with Crippen molar-refractivity contribution in [2.24, 2.45) is 5.92 Å². The summed E-state index contributed by atoms with van der Waals surface area (Å²) >= 11 is 0. The highest BCUT2D eigenvalue weighted by Crippen LogP contribution is 2.20. The first-order chi connectivity index (χ1) is 24.8. The maximum absolute atomic E-state index is 9.71. The van der Waals surface area contributed by atoms with Crippen molar-refractivity contribution in [3.63, 3.8) is 0 Å². The van der Waals surface area contributed by atoms with Gasteiger partial charge in [-0.2, -0.15) is 0 Å². The molecule has 3 nitrogen and oxygen atoms in total. The van der Waals surface area contributed by atoms with Crippen molar-refractivity contribution in [1.29, 1.82) is 0 Å². The van der Waals surface area contributed by atoms with Crippen molar-refractivity contribution >= 4 is 0 Å². The molecule has 4 N–H and O–H groups in total. The average molecular weight is 727 g/mol. The molecule has 0 spiro atoms. The topological polar surface area (TPSA) is 72.0 Å². The minimum atomic E-state index is 0. The largest absolute Gasteiger partial charge is 0.412 e. The summed E-state index contributed by atoms with van der Waals surface area (Å²) in [5.41, 5.74) is 0. The lowest BCUT2D eigenvalue weighted by Crippen LogP contribution is -2.06. The van der Waals surface area contributed by atoms with Crippen LogP contribution in [0.4, 0.5) is 0 Å². The van der Waals surface area contributed by atoms with Crippen LogP contribution in [0.15, 0.2) is 0 Å². The van der Waals surface area contributed by atoms with Crippen molar-refractivity contribution in [3.05, 3.63) is 0 Å². The average Bonchev–Trinajstić information content (AvgIpc) is 3.13. The van der Waals surface area contributed by atoms with Crippen LogP contribution in [-0.2, 0) is 0 Å². The molecule has 312 valence electrons. The van der Waals surface area contributed by atoms with Gasteiger partial charge in [0, 0.05) is 13.2 Å². The molecule has 0 bridgehead atoms. The van der Waals surface area contributed by atoms with Crippen LogP contribution in [0.3, 0.4) is 0 Å². The van der Waals surface area contributed by atoms with Gasteiger partial charge in [0.2, 0.25) is 0 Å². The molecule has 0 saturated heterocycles. The van der Waals surface area contributed by atoms with Gasteiger partial charge in [-0.15, -0.1) is 0 Å². The fourth-order valence-electron chi connectivity index (χ4n) is 7.53. The molecule has 3 heteroatoms. The lowest BCUT2D eigenvalue weighted by Gasteiger charge is -2.13. The smallest absolute Gasteiger partial charge is 0.0459 e. The highest BCUT2D eigenvalue weighted by atomic mass is 16.3. The predicted molar refractivity (Wildman–Crippen MR) is 232 cm³/mol. The standard InChI is InChI=1S/C32H66O.C16H34O.H2O/c1-3-5-7-9-11-13-15-17-18-20-22-24-26-28-30-32(31-33)29-27-25-23-21-19-16-14-12-10-8-6-4-2;1-2-3-4-5-6-7-8-9-10-11-12-13-14-15-16-17;/h32-33H,3-31H2,1-2H3;17H,2-16H2,1H3;1H2. The second-order valence-corrected chi connectivity index (χ2v) is 16.4. The molecule has 0 aliphatic carbocycles. The highest BCUT2D eigenvalue weighted by Gasteiger charge is 2.07. The van der Waals surface area contributed by atoms with E-state index in [4.69, 9.17) is 5.11 Å². The Morgan fingerprint density at radius 1 is 0.255 bits per heavy atom. The van der Waals surface area contributed by atoms with Gasteiger partial charge in [-0.25, -0.2) is 0 Å². The minimum Gasteiger partial charge on any atom is -0.412 e. The van der Waals surface area contributed by atoms with Crippen LogP contribution in [-0.4, -0.2) is 28.9 Å². The molecule has 0 radical (unpaired) electrons. The van der Waals surface area contributed by atoms with Crippen molar-refractivity contribution in [3.8, 4) is 0 Å². The third-order valence-electron chi connectivity index (χ3n) is 11.2. The van der Waals surface area contributed by atoms with E-state index in [1.165, 1.54) is 263 Å². The molecule has 0 fully saturated rings. The second-order valence-electron chi connectivity index (χ2n) is 16.4. The molecule has 0 aliphatic heterocycles. The van der Waals surface area contributed by atoms with Crippen molar-refractivity contribution < 1.29 is 15.7 Å². The van der Waals surface area contributed by atoms with Gasteiger partial charge in [-0.3, -0.25) is 0 Å². The van der Waals surface area contributed by atoms with Gasteiger partial charge in [0.05, 0.1) is 0 Å². The quantitative estimate of drug-likeness (QED) is 0.0614. The summed E-state index contributed by atoms with van der Waals surface area (Å²) < 4.78 is 0. The first-order valence-electron chi connectivity index (χ1n) is 24.0. The van der Waals surface area contributed by atoms with Gasteiger partial charge in [-0.05, 0) is 25.2 Å². The number of aliphatic hydroxyl groups is 2. The van der Waals surface area contributed by atoms with E-state index >= 15 is 0 Å². The van der Waals surface area contributed by atoms with Crippen LogP contribution in [0.1, 0.15) is 290 Å².